The second kappa shape index (κ2) is 9.14. The van der Waals surface area contributed by atoms with Gasteiger partial charge in [-0.1, -0.05) is 23.7 Å². The van der Waals surface area contributed by atoms with Crippen LogP contribution in [0.4, 0.5) is 11.4 Å². The zero-order valence-corrected chi connectivity index (χ0v) is 16.4. The third kappa shape index (κ3) is 5.17. The summed E-state index contributed by atoms with van der Waals surface area (Å²) in [5.41, 5.74) is 0.995. The molecule has 0 bridgehead atoms. The molecule has 0 aliphatic rings. The number of non-ortho nitro benzene ring substituents is 1. The van der Waals surface area contributed by atoms with Gasteiger partial charge in [0.25, 0.3) is 11.6 Å². The molecule has 154 valence electrons. The summed E-state index contributed by atoms with van der Waals surface area (Å²) in [4.78, 5) is 38.7. The van der Waals surface area contributed by atoms with E-state index < -0.39 is 22.9 Å². The van der Waals surface area contributed by atoms with Crippen molar-refractivity contribution in [3.63, 3.8) is 0 Å². The van der Waals surface area contributed by atoms with E-state index in [1.165, 1.54) is 25.4 Å². The molecule has 0 saturated carbocycles. The summed E-state index contributed by atoms with van der Waals surface area (Å²) in [7, 11) is 0. The van der Waals surface area contributed by atoms with Crippen molar-refractivity contribution in [1.29, 1.82) is 0 Å². The molecular formula is C19H16ClN5O5. The van der Waals surface area contributed by atoms with Gasteiger partial charge >= 0.3 is 5.97 Å². The van der Waals surface area contributed by atoms with Gasteiger partial charge in [0.1, 0.15) is 12.7 Å². The Kier molecular flexibility index (Phi) is 6.38. The highest BCUT2D eigenvalue weighted by Gasteiger charge is 2.21. The number of benzene rings is 2. The highest BCUT2D eigenvalue weighted by molar-refractivity contribution is 6.33. The number of hydrogen-bond donors (Lipinski definition) is 1. The van der Waals surface area contributed by atoms with Crippen LogP contribution in [0, 0.1) is 10.1 Å². The van der Waals surface area contributed by atoms with Crippen LogP contribution in [0.25, 0.3) is 0 Å². The first kappa shape index (κ1) is 20.9. The minimum Gasteiger partial charge on any atom is -0.449 e. The van der Waals surface area contributed by atoms with Gasteiger partial charge in [0.2, 0.25) is 0 Å². The maximum absolute atomic E-state index is 12.3. The normalized spacial score (nSPS) is 11.5. The number of hydrogen-bond acceptors (Lipinski definition) is 7. The van der Waals surface area contributed by atoms with Crippen molar-refractivity contribution in [2.24, 2.45) is 0 Å². The number of nitro groups is 1. The molecule has 0 aliphatic heterocycles. The summed E-state index contributed by atoms with van der Waals surface area (Å²) >= 11 is 5.96. The number of aromatic nitrogens is 3. The van der Waals surface area contributed by atoms with Crippen molar-refractivity contribution in [3.8, 4) is 0 Å². The maximum Gasteiger partial charge on any atom is 0.338 e. The summed E-state index contributed by atoms with van der Waals surface area (Å²) < 4.78 is 6.82. The molecule has 0 spiro atoms. The standard InChI is InChI=1S/C19H16ClN5O5/c1-12(18(26)23-17-8-15(25(28)29)6-7-16(17)20)30-19(27)14-4-2-13(3-5-14)9-24-11-21-10-22-24/h2-8,10-12H,9H2,1H3,(H,23,26). The minimum atomic E-state index is -1.15. The zero-order chi connectivity index (χ0) is 21.7. The van der Waals surface area contributed by atoms with Gasteiger partial charge in [-0.05, 0) is 30.7 Å². The molecule has 0 saturated heterocycles. The maximum atomic E-state index is 12.3. The minimum absolute atomic E-state index is 0.0521. The Morgan fingerprint density at radius 2 is 2.00 bits per heavy atom. The van der Waals surface area contributed by atoms with E-state index in [1.807, 2.05) is 0 Å². The first-order valence-corrected chi connectivity index (χ1v) is 9.08. The number of nitro benzene ring substituents is 1. The van der Waals surface area contributed by atoms with Crippen LogP contribution in [0.3, 0.4) is 0 Å². The van der Waals surface area contributed by atoms with E-state index in [4.69, 9.17) is 16.3 Å². The molecule has 1 amide bonds. The molecule has 0 fully saturated rings. The largest absolute Gasteiger partial charge is 0.449 e. The molecular weight excluding hydrogens is 414 g/mol. The lowest BCUT2D eigenvalue weighted by Gasteiger charge is -2.14. The monoisotopic (exact) mass is 429 g/mol. The molecule has 3 aromatic rings. The number of anilines is 1. The fraction of sp³-hybridized carbons (Fsp3) is 0.158. The average molecular weight is 430 g/mol. The number of esters is 1. The summed E-state index contributed by atoms with van der Waals surface area (Å²) in [6.07, 6.45) is 1.86. The zero-order valence-electron chi connectivity index (χ0n) is 15.7. The molecule has 1 N–H and O–H groups in total. The SMILES string of the molecule is CC(OC(=O)c1ccc(Cn2cncn2)cc1)C(=O)Nc1cc([N+](=O)[O-])ccc1Cl. The van der Waals surface area contributed by atoms with Gasteiger partial charge in [-0.15, -0.1) is 0 Å². The van der Waals surface area contributed by atoms with Crippen molar-refractivity contribution < 1.29 is 19.2 Å². The third-order valence-electron chi connectivity index (χ3n) is 4.07. The van der Waals surface area contributed by atoms with Gasteiger partial charge in [0.05, 0.1) is 27.7 Å². The quantitative estimate of drug-likeness (QED) is 0.347. The smallest absolute Gasteiger partial charge is 0.338 e. The molecule has 0 radical (unpaired) electrons. The average Bonchev–Trinajstić information content (AvgIpc) is 3.22. The van der Waals surface area contributed by atoms with Gasteiger partial charge in [-0.2, -0.15) is 5.10 Å². The van der Waals surface area contributed by atoms with Crippen LogP contribution in [-0.2, 0) is 16.1 Å². The lowest BCUT2D eigenvalue weighted by molar-refractivity contribution is -0.384. The molecule has 30 heavy (non-hydrogen) atoms. The van der Waals surface area contributed by atoms with Crippen molar-refractivity contribution in [1.82, 2.24) is 14.8 Å². The fourth-order valence-corrected chi connectivity index (χ4v) is 2.65. The third-order valence-corrected chi connectivity index (χ3v) is 4.40. The predicted molar refractivity (Wildman–Crippen MR) is 107 cm³/mol. The topological polar surface area (TPSA) is 129 Å². The summed E-state index contributed by atoms with van der Waals surface area (Å²) in [6, 6.07) is 10.3. The first-order chi connectivity index (χ1) is 14.3. The van der Waals surface area contributed by atoms with Gasteiger partial charge in [-0.3, -0.25) is 14.9 Å². The number of halogens is 1. The Hall–Kier alpha value is -3.79. The number of carbonyl (C=O) groups is 2. The van der Waals surface area contributed by atoms with Crippen LogP contribution >= 0.6 is 11.6 Å². The second-order valence-electron chi connectivity index (χ2n) is 6.25. The molecule has 0 aliphatic carbocycles. The molecule has 1 aromatic heterocycles. The number of ether oxygens (including phenoxy) is 1. The number of nitrogens with one attached hydrogen (secondary N) is 1. The van der Waals surface area contributed by atoms with E-state index in [0.29, 0.717) is 6.54 Å². The lowest BCUT2D eigenvalue weighted by Crippen LogP contribution is -2.30. The Morgan fingerprint density at radius 3 is 2.63 bits per heavy atom. The second-order valence-corrected chi connectivity index (χ2v) is 6.66. The first-order valence-electron chi connectivity index (χ1n) is 8.70. The summed E-state index contributed by atoms with van der Waals surface area (Å²) in [6.45, 7) is 1.88. The van der Waals surface area contributed by atoms with Crippen LogP contribution < -0.4 is 5.32 Å². The summed E-state index contributed by atoms with van der Waals surface area (Å²) in [5, 5.41) is 17.4. The van der Waals surface area contributed by atoms with Crippen molar-refractivity contribution >= 4 is 34.9 Å². The van der Waals surface area contributed by atoms with Gasteiger partial charge in [-0.25, -0.2) is 14.5 Å². The lowest BCUT2D eigenvalue weighted by atomic mass is 10.1. The Bertz CT molecular complexity index is 1070. The van der Waals surface area contributed by atoms with E-state index in [1.54, 1.807) is 35.3 Å². The van der Waals surface area contributed by atoms with Crippen LogP contribution in [0.2, 0.25) is 5.02 Å². The van der Waals surface area contributed by atoms with Crippen molar-refractivity contribution in [3.05, 3.63) is 81.4 Å². The van der Waals surface area contributed by atoms with Gasteiger partial charge < -0.3 is 10.1 Å². The van der Waals surface area contributed by atoms with Gasteiger partial charge in [0, 0.05) is 12.1 Å². The number of nitrogens with zero attached hydrogens (tertiary/aromatic N) is 4. The Balaban J connectivity index is 1.60. The van der Waals surface area contributed by atoms with Crippen LogP contribution in [-0.4, -0.2) is 37.7 Å². The molecule has 10 nitrogen and oxygen atoms in total. The van der Waals surface area contributed by atoms with E-state index in [9.17, 15) is 19.7 Å². The van der Waals surface area contributed by atoms with Crippen molar-refractivity contribution in [2.45, 2.75) is 19.6 Å². The molecule has 3 rings (SSSR count). The van der Waals surface area contributed by atoms with Crippen molar-refractivity contribution in [2.75, 3.05) is 5.32 Å². The molecule has 1 heterocycles. The fourth-order valence-electron chi connectivity index (χ4n) is 2.49. The highest BCUT2D eigenvalue weighted by Crippen LogP contribution is 2.27. The van der Waals surface area contributed by atoms with E-state index in [0.717, 1.165) is 11.6 Å². The van der Waals surface area contributed by atoms with Gasteiger partial charge in [0.15, 0.2) is 6.10 Å². The van der Waals surface area contributed by atoms with E-state index >= 15 is 0 Å². The summed E-state index contributed by atoms with van der Waals surface area (Å²) in [5.74, 6) is -1.36. The number of rotatable bonds is 7. The molecule has 1 unspecified atom stereocenters. The van der Waals surface area contributed by atoms with E-state index in [2.05, 4.69) is 15.4 Å². The highest BCUT2D eigenvalue weighted by atomic mass is 35.5. The Morgan fingerprint density at radius 1 is 1.27 bits per heavy atom. The number of amides is 1. The van der Waals surface area contributed by atoms with Crippen LogP contribution in [0.1, 0.15) is 22.8 Å². The van der Waals surface area contributed by atoms with Crippen LogP contribution in [0.15, 0.2) is 55.1 Å². The van der Waals surface area contributed by atoms with E-state index in [-0.39, 0.29) is 22.0 Å². The Labute approximate surface area is 175 Å². The predicted octanol–water partition coefficient (Wildman–Crippen LogP) is 3.07. The molecule has 1 atom stereocenters. The van der Waals surface area contributed by atoms with Crippen LogP contribution in [0.5, 0.6) is 0 Å². The molecule has 11 heteroatoms. The molecule has 2 aromatic carbocycles. The number of carbonyl (C=O) groups excluding carboxylic acids is 2.